The van der Waals surface area contributed by atoms with Crippen molar-refractivity contribution in [2.75, 3.05) is 11.9 Å². The Morgan fingerprint density at radius 2 is 2.21 bits per heavy atom. The number of anilines is 2. The average molecular weight is 250 g/mol. The van der Waals surface area contributed by atoms with Crippen LogP contribution in [0.3, 0.4) is 0 Å². The molecule has 2 N–H and O–H groups in total. The smallest absolute Gasteiger partial charge is 0.101 e. The number of nitrogens with zero attached hydrogens (tertiary/aromatic N) is 2. The number of benzene rings is 1. The van der Waals surface area contributed by atoms with Gasteiger partial charge in [0.15, 0.2) is 0 Å². The van der Waals surface area contributed by atoms with Gasteiger partial charge in [0, 0.05) is 18.4 Å². The molecule has 19 heavy (non-hydrogen) atoms. The van der Waals surface area contributed by atoms with Crippen molar-refractivity contribution in [3.05, 3.63) is 53.3 Å². The molecule has 0 saturated heterocycles. The van der Waals surface area contributed by atoms with Crippen LogP contribution in [0.15, 0.2) is 36.7 Å². The van der Waals surface area contributed by atoms with Crippen LogP contribution in [0.2, 0.25) is 0 Å². The first kappa shape index (κ1) is 11.7. The highest BCUT2D eigenvalue weighted by Crippen LogP contribution is 2.27. The SMILES string of the molecule is N#Cc1ccncc1Nc1cccc2c1CCNC2. The van der Waals surface area contributed by atoms with Crippen LogP contribution in [0, 0.1) is 11.3 Å². The second kappa shape index (κ2) is 5.09. The molecule has 2 heterocycles. The van der Waals surface area contributed by atoms with Crippen LogP contribution >= 0.6 is 0 Å². The highest BCUT2D eigenvalue weighted by Gasteiger charge is 2.13. The molecule has 0 amide bonds. The van der Waals surface area contributed by atoms with Gasteiger partial charge in [-0.15, -0.1) is 0 Å². The highest BCUT2D eigenvalue weighted by molar-refractivity contribution is 5.69. The molecule has 0 saturated carbocycles. The fraction of sp³-hybridized carbons (Fsp3) is 0.200. The maximum Gasteiger partial charge on any atom is 0.101 e. The molecule has 0 radical (unpaired) electrons. The molecule has 0 unspecified atom stereocenters. The van der Waals surface area contributed by atoms with Crippen LogP contribution in [-0.4, -0.2) is 11.5 Å². The third-order valence-electron chi connectivity index (χ3n) is 3.35. The molecule has 3 rings (SSSR count). The first-order chi connectivity index (χ1) is 9.38. The maximum absolute atomic E-state index is 9.11. The predicted octanol–water partition coefficient (Wildman–Crippen LogP) is 2.34. The van der Waals surface area contributed by atoms with E-state index in [1.54, 1.807) is 18.5 Å². The third kappa shape index (κ3) is 2.28. The van der Waals surface area contributed by atoms with Crippen LogP contribution < -0.4 is 10.6 Å². The summed E-state index contributed by atoms with van der Waals surface area (Å²) in [6.45, 7) is 1.90. The van der Waals surface area contributed by atoms with E-state index in [1.165, 1.54) is 11.1 Å². The van der Waals surface area contributed by atoms with Crippen molar-refractivity contribution in [2.45, 2.75) is 13.0 Å². The van der Waals surface area contributed by atoms with E-state index in [4.69, 9.17) is 5.26 Å². The minimum atomic E-state index is 0.613. The fourth-order valence-electron chi connectivity index (χ4n) is 2.39. The van der Waals surface area contributed by atoms with Gasteiger partial charge in [0.25, 0.3) is 0 Å². The monoisotopic (exact) mass is 250 g/mol. The third-order valence-corrected chi connectivity index (χ3v) is 3.35. The zero-order valence-electron chi connectivity index (χ0n) is 10.5. The van der Waals surface area contributed by atoms with Gasteiger partial charge in [0.1, 0.15) is 6.07 Å². The lowest BCUT2D eigenvalue weighted by molar-refractivity contribution is 0.645. The van der Waals surface area contributed by atoms with Gasteiger partial charge < -0.3 is 10.6 Å². The minimum absolute atomic E-state index is 0.613. The summed E-state index contributed by atoms with van der Waals surface area (Å²) in [4.78, 5) is 4.08. The van der Waals surface area contributed by atoms with E-state index in [1.807, 2.05) is 6.07 Å². The van der Waals surface area contributed by atoms with E-state index < -0.39 is 0 Å². The van der Waals surface area contributed by atoms with Gasteiger partial charge in [-0.3, -0.25) is 4.98 Å². The van der Waals surface area contributed by atoms with Crippen molar-refractivity contribution in [2.24, 2.45) is 0 Å². The van der Waals surface area contributed by atoms with E-state index in [0.29, 0.717) is 5.56 Å². The number of nitriles is 1. The molecule has 0 bridgehead atoms. The number of hydrogen-bond acceptors (Lipinski definition) is 4. The highest BCUT2D eigenvalue weighted by atomic mass is 14.9. The van der Waals surface area contributed by atoms with Crippen molar-refractivity contribution < 1.29 is 0 Å². The van der Waals surface area contributed by atoms with Crippen LogP contribution in [0.4, 0.5) is 11.4 Å². The molecule has 0 atom stereocenters. The predicted molar refractivity (Wildman–Crippen MR) is 74.1 cm³/mol. The summed E-state index contributed by atoms with van der Waals surface area (Å²) in [6, 6.07) is 10.1. The second-order valence-electron chi connectivity index (χ2n) is 4.53. The molecule has 4 heteroatoms. The Morgan fingerprint density at radius 1 is 1.26 bits per heavy atom. The Hall–Kier alpha value is -2.38. The molecule has 0 spiro atoms. The Balaban J connectivity index is 1.98. The standard InChI is InChI=1S/C15H14N4/c16-8-11-4-6-18-10-15(11)19-14-3-1-2-12-9-17-7-5-13(12)14/h1-4,6,10,17,19H,5,7,9H2. The second-order valence-corrected chi connectivity index (χ2v) is 4.53. The topological polar surface area (TPSA) is 60.7 Å². The summed E-state index contributed by atoms with van der Waals surface area (Å²) in [5.41, 5.74) is 5.09. The Morgan fingerprint density at radius 3 is 3.11 bits per heavy atom. The van der Waals surface area contributed by atoms with E-state index in [-0.39, 0.29) is 0 Å². The van der Waals surface area contributed by atoms with E-state index in [9.17, 15) is 0 Å². The zero-order valence-corrected chi connectivity index (χ0v) is 10.5. The van der Waals surface area contributed by atoms with E-state index in [0.717, 1.165) is 30.9 Å². The van der Waals surface area contributed by atoms with Gasteiger partial charge in [-0.1, -0.05) is 12.1 Å². The number of fused-ring (bicyclic) bond motifs is 1. The average Bonchev–Trinajstić information content (AvgIpc) is 2.48. The Labute approximate surface area is 112 Å². The Bertz CT molecular complexity index is 643. The summed E-state index contributed by atoms with van der Waals surface area (Å²) in [5, 5.41) is 15.8. The molecule has 1 aromatic heterocycles. The zero-order chi connectivity index (χ0) is 13.1. The molecule has 4 nitrogen and oxygen atoms in total. The number of pyridine rings is 1. The van der Waals surface area contributed by atoms with Gasteiger partial charge in [-0.25, -0.2) is 0 Å². The van der Waals surface area contributed by atoms with Gasteiger partial charge in [0.05, 0.1) is 17.4 Å². The van der Waals surface area contributed by atoms with Crippen molar-refractivity contribution in [3.63, 3.8) is 0 Å². The summed E-state index contributed by atoms with van der Waals surface area (Å²) in [7, 11) is 0. The molecular formula is C15H14N4. The molecule has 0 fully saturated rings. The lowest BCUT2D eigenvalue weighted by atomic mass is 9.99. The lowest BCUT2D eigenvalue weighted by Crippen LogP contribution is -2.24. The number of rotatable bonds is 2. The fourth-order valence-corrected chi connectivity index (χ4v) is 2.39. The van der Waals surface area contributed by atoms with Gasteiger partial charge in [-0.2, -0.15) is 5.26 Å². The first-order valence-corrected chi connectivity index (χ1v) is 6.31. The molecule has 1 aromatic carbocycles. The summed E-state index contributed by atoms with van der Waals surface area (Å²) < 4.78 is 0. The van der Waals surface area contributed by atoms with Crippen LogP contribution in [0.5, 0.6) is 0 Å². The van der Waals surface area contributed by atoms with Crippen molar-refractivity contribution in [3.8, 4) is 6.07 Å². The summed E-state index contributed by atoms with van der Waals surface area (Å²) >= 11 is 0. The van der Waals surface area contributed by atoms with E-state index in [2.05, 4.69) is 33.8 Å². The molecular weight excluding hydrogens is 236 g/mol. The van der Waals surface area contributed by atoms with E-state index >= 15 is 0 Å². The summed E-state index contributed by atoms with van der Waals surface area (Å²) in [6.07, 6.45) is 4.33. The number of aromatic nitrogens is 1. The summed E-state index contributed by atoms with van der Waals surface area (Å²) in [5.74, 6) is 0. The first-order valence-electron chi connectivity index (χ1n) is 6.31. The van der Waals surface area contributed by atoms with Crippen LogP contribution in [0.25, 0.3) is 0 Å². The normalized spacial score (nSPS) is 13.4. The maximum atomic E-state index is 9.11. The van der Waals surface area contributed by atoms with Crippen molar-refractivity contribution >= 4 is 11.4 Å². The largest absolute Gasteiger partial charge is 0.353 e. The Kier molecular flexibility index (Phi) is 3.13. The van der Waals surface area contributed by atoms with Crippen LogP contribution in [-0.2, 0) is 13.0 Å². The lowest BCUT2D eigenvalue weighted by Gasteiger charge is -2.21. The molecule has 0 aliphatic carbocycles. The van der Waals surface area contributed by atoms with Crippen LogP contribution in [0.1, 0.15) is 16.7 Å². The number of hydrogen-bond donors (Lipinski definition) is 2. The number of nitrogens with one attached hydrogen (secondary N) is 2. The van der Waals surface area contributed by atoms with Gasteiger partial charge in [-0.05, 0) is 36.2 Å². The quantitative estimate of drug-likeness (QED) is 0.858. The van der Waals surface area contributed by atoms with Crippen molar-refractivity contribution in [1.82, 2.24) is 10.3 Å². The molecule has 2 aromatic rings. The molecule has 1 aliphatic heterocycles. The van der Waals surface area contributed by atoms with Gasteiger partial charge >= 0.3 is 0 Å². The molecule has 94 valence electrons. The minimum Gasteiger partial charge on any atom is -0.353 e. The van der Waals surface area contributed by atoms with Crippen molar-refractivity contribution in [1.29, 1.82) is 5.26 Å². The molecule has 1 aliphatic rings. The van der Waals surface area contributed by atoms with Gasteiger partial charge in [0.2, 0.25) is 0 Å².